The van der Waals surface area contributed by atoms with Crippen LogP contribution in [0, 0.1) is 0 Å². The number of thiazole rings is 1. The molecule has 2 rings (SSSR count). The average Bonchev–Trinajstić information content (AvgIpc) is 2.66. The summed E-state index contributed by atoms with van der Waals surface area (Å²) in [6, 6.07) is 0. The van der Waals surface area contributed by atoms with Crippen molar-refractivity contribution in [2.24, 2.45) is 0 Å². The molecule has 0 spiro atoms. The Labute approximate surface area is 103 Å². The first kappa shape index (κ1) is 12.1. The highest BCUT2D eigenvalue weighted by Crippen LogP contribution is 2.34. The lowest BCUT2D eigenvalue weighted by Gasteiger charge is -2.17. The van der Waals surface area contributed by atoms with Crippen molar-refractivity contribution in [1.82, 2.24) is 4.98 Å². The van der Waals surface area contributed by atoms with Gasteiger partial charge < -0.3 is 0 Å². The van der Waals surface area contributed by atoms with Gasteiger partial charge in [0.25, 0.3) is 0 Å². The van der Waals surface area contributed by atoms with E-state index in [-0.39, 0.29) is 0 Å². The highest BCUT2D eigenvalue weighted by atomic mass is 32.1. The molecule has 2 heteroatoms. The van der Waals surface area contributed by atoms with Gasteiger partial charge in [-0.15, -0.1) is 11.3 Å². The van der Waals surface area contributed by atoms with Gasteiger partial charge in [0.1, 0.15) is 0 Å². The summed E-state index contributed by atoms with van der Waals surface area (Å²) in [5.41, 5.74) is 0. The molecular weight excluding hydrogens is 214 g/mol. The van der Waals surface area contributed by atoms with Gasteiger partial charge in [-0.25, -0.2) is 4.98 Å². The van der Waals surface area contributed by atoms with E-state index in [4.69, 9.17) is 0 Å². The summed E-state index contributed by atoms with van der Waals surface area (Å²) in [5.74, 6) is 1.40. The van der Waals surface area contributed by atoms with E-state index in [1.165, 1.54) is 54.8 Å². The summed E-state index contributed by atoms with van der Waals surface area (Å²) in [5, 5.41) is 1.41. The van der Waals surface area contributed by atoms with Gasteiger partial charge in [0.2, 0.25) is 0 Å². The van der Waals surface area contributed by atoms with Crippen molar-refractivity contribution in [3.8, 4) is 0 Å². The molecular formula is C14H23NS. The quantitative estimate of drug-likeness (QED) is 0.698. The van der Waals surface area contributed by atoms with Crippen molar-refractivity contribution in [3.63, 3.8) is 0 Å². The van der Waals surface area contributed by atoms with Gasteiger partial charge in [0, 0.05) is 17.0 Å². The number of hydrogen-bond donors (Lipinski definition) is 0. The lowest BCUT2D eigenvalue weighted by atomic mass is 9.92. The molecule has 0 amide bonds. The Morgan fingerprint density at radius 2 is 1.75 bits per heavy atom. The fourth-order valence-electron chi connectivity index (χ4n) is 2.46. The number of aromatic nitrogens is 1. The van der Waals surface area contributed by atoms with Crippen LogP contribution in [0.15, 0.2) is 6.20 Å². The summed E-state index contributed by atoms with van der Waals surface area (Å²) in [6.07, 6.45) is 11.9. The Hall–Kier alpha value is -0.370. The molecule has 0 radical (unpaired) electrons. The van der Waals surface area contributed by atoms with Crippen molar-refractivity contribution in [1.29, 1.82) is 0 Å². The largest absolute Gasteiger partial charge is 0.249 e. The normalized spacial score (nSPS) is 19.7. The van der Waals surface area contributed by atoms with Crippen molar-refractivity contribution in [3.05, 3.63) is 16.1 Å². The van der Waals surface area contributed by atoms with Gasteiger partial charge in [-0.1, -0.05) is 46.0 Å². The number of nitrogens with zero attached hydrogens (tertiary/aromatic N) is 1. The molecule has 1 aromatic rings. The zero-order chi connectivity index (χ0) is 11.4. The fraction of sp³-hybridized carbons (Fsp3) is 0.786. The first-order chi connectivity index (χ1) is 7.77. The summed E-state index contributed by atoms with van der Waals surface area (Å²) in [7, 11) is 0. The van der Waals surface area contributed by atoms with Gasteiger partial charge in [-0.3, -0.25) is 0 Å². The maximum Gasteiger partial charge on any atom is 0.0958 e. The van der Waals surface area contributed by atoms with Crippen molar-refractivity contribution in [2.75, 3.05) is 0 Å². The third-order valence-corrected chi connectivity index (χ3v) is 5.03. The average molecular weight is 237 g/mol. The Morgan fingerprint density at radius 3 is 2.31 bits per heavy atom. The van der Waals surface area contributed by atoms with Gasteiger partial charge in [0.05, 0.1) is 5.01 Å². The van der Waals surface area contributed by atoms with Crippen LogP contribution in [-0.4, -0.2) is 4.98 Å². The minimum absolute atomic E-state index is 0.639. The Morgan fingerprint density at radius 1 is 1.12 bits per heavy atom. The van der Waals surface area contributed by atoms with Gasteiger partial charge in [-0.2, -0.15) is 0 Å². The fourth-order valence-corrected chi connectivity index (χ4v) is 3.55. The van der Waals surface area contributed by atoms with Crippen LogP contribution in [0.25, 0.3) is 0 Å². The first-order valence-electron chi connectivity index (χ1n) is 6.73. The van der Waals surface area contributed by atoms with E-state index < -0.39 is 0 Å². The highest BCUT2D eigenvalue weighted by Gasteiger charge is 2.17. The number of hydrogen-bond acceptors (Lipinski definition) is 2. The standard InChI is InChI=1S/C14H23NS/c1-11(2)13-10-15-14(16-13)12-8-6-4-3-5-7-9-12/h10-12H,3-9H2,1-2H3. The van der Waals surface area contributed by atoms with Crippen LogP contribution < -0.4 is 0 Å². The molecule has 1 nitrogen and oxygen atoms in total. The van der Waals surface area contributed by atoms with E-state index >= 15 is 0 Å². The molecule has 1 aliphatic rings. The predicted octanol–water partition coefficient (Wildman–Crippen LogP) is 5.09. The zero-order valence-electron chi connectivity index (χ0n) is 10.5. The number of rotatable bonds is 2. The van der Waals surface area contributed by atoms with E-state index in [9.17, 15) is 0 Å². The lowest BCUT2D eigenvalue weighted by Crippen LogP contribution is -2.01. The lowest BCUT2D eigenvalue weighted by molar-refractivity contribution is 0.454. The third-order valence-electron chi connectivity index (χ3n) is 3.56. The molecule has 0 bridgehead atoms. The molecule has 0 N–H and O–H groups in total. The van der Waals surface area contributed by atoms with E-state index in [2.05, 4.69) is 25.0 Å². The minimum Gasteiger partial charge on any atom is -0.249 e. The molecule has 0 unspecified atom stereocenters. The molecule has 0 aromatic carbocycles. The van der Waals surface area contributed by atoms with Crippen LogP contribution in [-0.2, 0) is 0 Å². The smallest absolute Gasteiger partial charge is 0.0958 e. The Kier molecular flexibility index (Phi) is 4.39. The molecule has 0 atom stereocenters. The summed E-state index contributed by atoms with van der Waals surface area (Å²) < 4.78 is 0. The summed E-state index contributed by atoms with van der Waals surface area (Å²) in [4.78, 5) is 6.11. The van der Waals surface area contributed by atoms with E-state index in [0.29, 0.717) is 5.92 Å². The minimum atomic E-state index is 0.639. The van der Waals surface area contributed by atoms with E-state index in [1.54, 1.807) is 0 Å². The molecule has 1 heterocycles. The summed E-state index contributed by atoms with van der Waals surface area (Å²) in [6.45, 7) is 4.52. The van der Waals surface area contributed by atoms with Crippen molar-refractivity contribution in [2.45, 2.75) is 70.6 Å². The highest BCUT2D eigenvalue weighted by molar-refractivity contribution is 7.11. The van der Waals surface area contributed by atoms with E-state index in [0.717, 1.165) is 5.92 Å². The third kappa shape index (κ3) is 3.07. The first-order valence-corrected chi connectivity index (χ1v) is 7.54. The van der Waals surface area contributed by atoms with Crippen LogP contribution in [0.5, 0.6) is 0 Å². The Balaban J connectivity index is 2.02. The second-order valence-corrected chi connectivity index (χ2v) is 6.39. The van der Waals surface area contributed by atoms with Crippen LogP contribution >= 0.6 is 11.3 Å². The molecule has 1 aliphatic carbocycles. The van der Waals surface area contributed by atoms with Crippen LogP contribution in [0.2, 0.25) is 0 Å². The Bertz CT molecular complexity index is 308. The van der Waals surface area contributed by atoms with Crippen LogP contribution in [0.4, 0.5) is 0 Å². The predicted molar refractivity (Wildman–Crippen MR) is 71.3 cm³/mol. The van der Waals surface area contributed by atoms with Crippen molar-refractivity contribution < 1.29 is 0 Å². The molecule has 1 aromatic heterocycles. The monoisotopic (exact) mass is 237 g/mol. The second kappa shape index (κ2) is 5.81. The van der Waals surface area contributed by atoms with Gasteiger partial charge in [-0.05, 0) is 18.8 Å². The maximum absolute atomic E-state index is 4.65. The molecule has 16 heavy (non-hydrogen) atoms. The van der Waals surface area contributed by atoms with Crippen molar-refractivity contribution >= 4 is 11.3 Å². The molecule has 0 aliphatic heterocycles. The molecule has 1 fully saturated rings. The van der Waals surface area contributed by atoms with E-state index in [1.807, 2.05) is 11.3 Å². The molecule has 1 saturated carbocycles. The van der Waals surface area contributed by atoms with Gasteiger partial charge in [0.15, 0.2) is 0 Å². The van der Waals surface area contributed by atoms with Crippen LogP contribution in [0.3, 0.4) is 0 Å². The zero-order valence-corrected chi connectivity index (χ0v) is 11.4. The molecule has 0 saturated heterocycles. The SMILES string of the molecule is CC(C)c1cnc(C2CCCCCCC2)s1. The van der Waals surface area contributed by atoms with Gasteiger partial charge >= 0.3 is 0 Å². The summed E-state index contributed by atoms with van der Waals surface area (Å²) >= 11 is 1.95. The maximum atomic E-state index is 4.65. The molecule has 90 valence electrons. The van der Waals surface area contributed by atoms with Crippen LogP contribution in [0.1, 0.15) is 80.5 Å². The topological polar surface area (TPSA) is 12.9 Å². The second-order valence-electron chi connectivity index (χ2n) is 5.30.